The number of ether oxygens (including phenoxy) is 2. The van der Waals surface area contributed by atoms with Crippen molar-refractivity contribution in [2.24, 2.45) is 0 Å². The van der Waals surface area contributed by atoms with Crippen molar-refractivity contribution in [3.05, 3.63) is 81.2 Å². The van der Waals surface area contributed by atoms with Gasteiger partial charge in [-0.15, -0.1) is 0 Å². The lowest BCUT2D eigenvalue weighted by molar-refractivity contribution is -0.145. The molecule has 0 aliphatic carbocycles. The first-order chi connectivity index (χ1) is 16.0. The van der Waals surface area contributed by atoms with Crippen LogP contribution in [0.3, 0.4) is 0 Å². The summed E-state index contributed by atoms with van der Waals surface area (Å²) in [6.07, 6.45) is 1.61. The molecule has 6 nitrogen and oxygen atoms in total. The van der Waals surface area contributed by atoms with E-state index in [2.05, 4.69) is 34.1 Å². The van der Waals surface area contributed by atoms with Crippen molar-refractivity contribution in [2.45, 2.75) is 13.5 Å². The fourth-order valence-electron chi connectivity index (χ4n) is 3.45. The third kappa shape index (κ3) is 5.29. The molecule has 3 aromatic carbocycles. The number of nitrogens with zero attached hydrogens (tertiary/aromatic N) is 1. The van der Waals surface area contributed by atoms with Gasteiger partial charge in [0.2, 0.25) is 0 Å². The summed E-state index contributed by atoms with van der Waals surface area (Å²) < 4.78 is 11.8. The first-order valence-corrected chi connectivity index (χ1v) is 11.9. The van der Waals surface area contributed by atoms with Crippen LogP contribution in [0.1, 0.15) is 18.1 Å². The predicted molar refractivity (Wildman–Crippen MR) is 132 cm³/mol. The van der Waals surface area contributed by atoms with Gasteiger partial charge in [-0.1, -0.05) is 58.4 Å². The quantitative estimate of drug-likeness (QED) is 0.287. The lowest BCUT2D eigenvalue weighted by Gasteiger charge is -2.12. The van der Waals surface area contributed by atoms with Gasteiger partial charge in [0.05, 0.1) is 11.5 Å². The third-order valence-corrected chi connectivity index (χ3v) is 6.39. The lowest BCUT2D eigenvalue weighted by Crippen LogP contribution is -2.34. The van der Waals surface area contributed by atoms with Crippen molar-refractivity contribution >= 4 is 61.7 Å². The molecule has 168 valence electrons. The van der Waals surface area contributed by atoms with Crippen molar-refractivity contribution in [1.82, 2.24) is 4.90 Å². The second-order valence-corrected chi connectivity index (χ2v) is 9.09. The van der Waals surface area contributed by atoms with Crippen molar-refractivity contribution in [1.29, 1.82) is 0 Å². The van der Waals surface area contributed by atoms with E-state index in [0.717, 1.165) is 37.5 Å². The van der Waals surface area contributed by atoms with Crippen LogP contribution in [0.25, 0.3) is 16.8 Å². The molecule has 1 fully saturated rings. The molecule has 0 radical (unpaired) electrons. The zero-order valence-corrected chi connectivity index (χ0v) is 20.1. The molecule has 0 N–H and O–H groups in total. The van der Waals surface area contributed by atoms with Crippen LogP contribution in [-0.4, -0.2) is 35.2 Å². The van der Waals surface area contributed by atoms with E-state index < -0.39 is 23.7 Å². The van der Waals surface area contributed by atoms with E-state index in [1.54, 1.807) is 13.0 Å². The molecule has 4 rings (SSSR count). The number of hydrogen-bond acceptors (Lipinski definition) is 6. The van der Waals surface area contributed by atoms with E-state index in [-0.39, 0.29) is 11.5 Å². The molecule has 2 amide bonds. The molecule has 0 saturated carbocycles. The number of rotatable bonds is 7. The molecule has 1 saturated heterocycles. The summed E-state index contributed by atoms with van der Waals surface area (Å²) in [5, 5.41) is 1.73. The maximum Gasteiger partial charge on any atom is 0.326 e. The van der Waals surface area contributed by atoms with E-state index in [4.69, 9.17) is 9.47 Å². The number of imide groups is 1. The van der Waals surface area contributed by atoms with Gasteiger partial charge < -0.3 is 9.47 Å². The minimum absolute atomic E-state index is 0.181. The second-order valence-electron chi connectivity index (χ2n) is 7.18. The van der Waals surface area contributed by atoms with E-state index in [9.17, 15) is 14.4 Å². The standard InChI is InChI=1S/C25H20BrNO5S/c1-2-31-23(28)14-27-24(29)22(33-25(27)30)13-18-12-19(26)10-11-21(18)32-15-17-8-5-7-16-6-3-4-9-20(16)17/h3-13H,2,14-15H2,1H3/b22-13-. The van der Waals surface area contributed by atoms with Crippen LogP contribution in [0.15, 0.2) is 70.0 Å². The summed E-state index contributed by atoms with van der Waals surface area (Å²) in [7, 11) is 0. The van der Waals surface area contributed by atoms with Gasteiger partial charge in [-0.25, -0.2) is 0 Å². The largest absolute Gasteiger partial charge is 0.488 e. The Morgan fingerprint density at radius 3 is 2.70 bits per heavy atom. The minimum Gasteiger partial charge on any atom is -0.488 e. The molecule has 0 bridgehead atoms. The lowest BCUT2D eigenvalue weighted by atomic mass is 10.1. The summed E-state index contributed by atoms with van der Waals surface area (Å²) in [6.45, 7) is 1.78. The summed E-state index contributed by atoms with van der Waals surface area (Å²) in [6, 6.07) is 19.6. The van der Waals surface area contributed by atoms with E-state index >= 15 is 0 Å². The third-order valence-electron chi connectivity index (χ3n) is 4.99. The highest BCUT2D eigenvalue weighted by Crippen LogP contribution is 2.35. The number of benzene rings is 3. The van der Waals surface area contributed by atoms with Gasteiger partial charge in [-0.2, -0.15) is 0 Å². The van der Waals surface area contributed by atoms with Crippen LogP contribution >= 0.6 is 27.7 Å². The minimum atomic E-state index is -0.623. The van der Waals surface area contributed by atoms with E-state index in [1.807, 2.05) is 42.5 Å². The SMILES string of the molecule is CCOC(=O)CN1C(=O)S/C(=C\c2cc(Br)ccc2OCc2cccc3ccccc23)C1=O. The summed E-state index contributed by atoms with van der Waals surface area (Å²) in [4.78, 5) is 37.9. The Morgan fingerprint density at radius 2 is 1.88 bits per heavy atom. The second kappa shape index (κ2) is 10.2. The van der Waals surface area contributed by atoms with Gasteiger partial charge in [0.15, 0.2) is 0 Å². The van der Waals surface area contributed by atoms with Gasteiger partial charge in [0.1, 0.15) is 18.9 Å². The first kappa shape index (κ1) is 23.1. The van der Waals surface area contributed by atoms with Crippen LogP contribution in [-0.2, 0) is 20.9 Å². The Kier molecular flexibility index (Phi) is 7.15. The summed E-state index contributed by atoms with van der Waals surface area (Å²) in [5.41, 5.74) is 1.68. The van der Waals surface area contributed by atoms with Crippen LogP contribution in [0.4, 0.5) is 4.79 Å². The van der Waals surface area contributed by atoms with Gasteiger partial charge in [0, 0.05) is 10.0 Å². The number of carbonyl (C=O) groups is 3. The molecule has 0 spiro atoms. The van der Waals surface area contributed by atoms with Crippen LogP contribution in [0.2, 0.25) is 0 Å². The fraction of sp³-hybridized carbons (Fsp3) is 0.160. The molecular formula is C25H20BrNO5S. The normalized spacial score (nSPS) is 14.8. The molecule has 3 aromatic rings. The Bertz CT molecular complexity index is 1270. The number of hydrogen-bond donors (Lipinski definition) is 0. The maximum absolute atomic E-state index is 12.7. The molecule has 33 heavy (non-hydrogen) atoms. The van der Waals surface area contributed by atoms with Gasteiger partial charge >= 0.3 is 5.97 Å². The van der Waals surface area contributed by atoms with Crippen LogP contribution < -0.4 is 4.74 Å². The number of carbonyl (C=O) groups excluding carboxylic acids is 3. The number of halogens is 1. The maximum atomic E-state index is 12.7. The predicted octanol–water partition coefficient (Wildman–Crippen LogP) is 5.78. The molecule has 1 heterocycles. The zero-order chi connectivity index (χ0) is 23.4. The molecule has 0 aromatic heterocycles. The van der Waals surface area contributed by atoms with Crippen LogP contribution in [0, 0.1) is 0 Å². The summed E-state index contributed by atoms with van der Waals surface area (Å²) >= 11 is 4.24. The Hall–Kier alpha value is -3.10. The molecule has 1 aliphatic rings. The number of thioether (sulfide) groups is 1. The first-order valence-electron chi connectivity index (χ1n) is 10.3. The molecule has 1 aliphatic heterocycles. The number of amides is 2. The Labute approximate surface area is 203 Å². The Morgan fingerprint density at radius 1 is 1.09 bits per heavy atom. The average molecular weight is 526 g/mol. The van der Waals surface area contributed by atoms with E-state index in [0.29, 0.717) is 17.9 Å². The van der Waals surface area contributed by atoms with Crippen molar-refractivity contribution in [2.75, 3.05) is 13.2 Å². The monoisotopic (exact) mass is 525 g/mol. The van der Waals surface area contributed by atoms with Crippen LogP contribution in [0.5, 0.6) is 5.75 Å². The highest BCUT2D eigenvalue weighted by molar-refractivity contribution is 9.10. The smallest absolute Gasteiger partial charge is 0.326 e. The fourth-order valence-corrected chi connectivity index (χ4v) is 4.66. The Balaban J connectivity index is 1.57. The number of esters is 1. The molecule has 0 atom stereocenters. The average Bonchev–Trinajstić information content (AvgIpc) is 3.06. The van der Waals surface area contributed by atoms with Gasteiger partial charge in [-0.05, 0) is 59.3 Å². The van der Waals surface area contributed by atoms with Gasteiger partial charge in [0.25, 0.3) is 11.1 Å². The number of fused-ring (bicyclic) bond motifs is 1. The summed E-state index contributed by atoms with van der Waals surface area (Å²) in [5.74, 6) is -0.580. The van der Waals surface area contributed by atoms with Gasteiger partial charge in [-0.3, -0.25) is 19.3 Å². The van der Waals surface area contributed by atoms with E-state index in [1.165, 1.54) is 0 Å². The highest BCUT2D eigenvalue weighted by atomic mass is 79.9. The highest BCUT2D eigenvalue weighted by Gasteiger charge is 2.36. The zero-order valence-electron chi connectivity index (χ0n) is 17.7. The molecular weight excluding hydrogens is 506 g/mol. The molecule has 0 unspecified atom stereocenters. The molecule has 8 heteroatoms. The van der Waals surface area contributed by atoms with Crippen molar-refractivity contribution < 1.29 is 23.9 Å². The topological polar surface area (TPSA) is 72.9 Å². The van der Waals surface area contributed by atoms with Crippen molar-refractivity contribution in [3.63, 3.8) is 0 Å². The van der Waals surface area contributed by atoms with Crippen molar-refractivity contribution in [3.8, 4) is 5.75 Å².